The second-order valence-corrected chi connectivity index (χ2v) is 6.96. The molecule has 8 heteroatoms. The Labute approximate surface area is 160 Å². The van der Waals surface area contributed by atoms with Gasteiger partial charge in [0.15, 0.2) is 17.4 Å². The molecular weight excluding hydrogens is 366 g/mol. The topological polar surface area (TPSA) is 82.5 Å². The van der Waals surface area contributed by atoms with Gasteiger partial charge in [0.25, 0.3) is 5.91 Å². The maximum absolute atomic E-state index is 12.1. The van der Waals surface area contributed by atoms with Crippen molar-refractivity contribution in [2.45, 2.75) is 26.8 Å². The normalized spacial score (nSPS) is 11.0. The van der Waals surface area contributed by atoms with E-state index >= 15 is 0 Å². The molecule has 0 atom stereocenters. The molecule has 0 fully saturated rings. The fourth-order valence-corrected chi connectivity index (χ4v) is 3.36. The van der Waals surface area contributed by atoms with Gasteiger partial charge in [-0.25, -0.2) is 9.78 Å². The van der Waals surface area contributed by atoms with Gasteiger partial charge in [0.2, 0.25) is 0 Å². The summed E-state index contributed by atoms with van der Waals surface area (Å²) >= 11 is 1.16. The Balaban J connectivity index is 1.63. The Hall–Kier alpha value is -2.87. The van der Waals surface area contributed by atoms with E-state index in [-0.39, 0.29) is 24.8 Å². The van der Waals surface area contributed by atoms with Gasteiger partial charge in [-0.3, -0.25) is 10.1 Å². The van der Waals surface area contributed by atoms with Crippen LogP contribution in [-0.4, -0.2) is 34.6 Å². The number of anilines is 1. The average Bonchev–Trinajstić information content (AvgIpc) is 3.27. The Bertz CT molecular complexity index is 961. The van der Waals surface area contributed by atoms with Crippen LogP contribution in [0.5, 0.6) is 5.75 Å². The fraction of sp³-hybridized carbons (Fsp3) is 0.316. The molecule has 0 aliphatic heterocycles. The predicted octanol–water partition coefficient (Wildman–Crippen LogP) is 3.87. The molecular formula is C19H21N3O4S. The first-order valence-corrected chi connectivity index (χ1v) is 9.52. The van der Waals surface area contributed by atoms with E-state index in [1.54, 1.807) is 12.3 Å². The van der Waals surface area contributed by atoms with Crippen LogP contribution in [-0.2, 0) is 9.53 Å². The third kappa shape index (κ3) is 4.28. The summed E-state index contributed by atoms with van der Waals surface area (Å²) in [5.41, 5.74) is 1.24. The number of ether oxygens (including phenoxy) is 2. The van der Waals surface area contributed by atoms with Gasteiger partial charge >= 0.3 is 5.97 Å². The van der Waals surface area contributed by atoms with E-state index in [2.05, 4.69) is 28.7 Å². The number of nitrogens with one attached hydrogen (secondary N) is 1. The molecule has 0 aliphatic carbocycles. The first-order valence-electron chi connectivity index (χ1n) is 8.64. The Kier molecular flexibility index (Phi) is 5.75. The molecule has 0 saturated heterocycles. The molecule has 2 heterocycles. The highest BCUT2D eigenvalue weighted by Gasteiger charge is 2.14. The van der Waals surface area contributed by atoms with Crippen LogP contribution >= 0.6 is 11.3 Å². The van der Waals surface area contributed by atoms with Crippen molar-refractivity contribution in [2.24, 2.45) is 0 Å². The molecule has 3 rings (SSSR count). The van der Waals surface area contributed by atoms with Gasteiger partial charge in [-0.05, 0) is 39.0 Å². The molecule has 27 heavy (non-hydrogen) atoms. The minimum Gasteiger partial charge on any atom is -0.483 e. The van der Waals surface area contributed by atoms with Crippen LogP contribution in [0.15, 0.2) is 35.8 Å². The van der Waals surface area contributed by atoms with Gasteiger partial charge < -0.3 is 14.0 Å². The molecule has 0 radical (unpaired) electrons. The molecule has 1 amide bonds. The van der Waals surface area contributed by atoms with Gasteiger partial charge in [0, 0.05) is 23.0 Å². The van der Waals surface area contributed by atoms with Crippen LogP contribution in [0.25, 0.3) is 10.9 Å². The molecule has 0 spiro atoms. The van der Waals surface area contributed by atoms with Crippen LogP contribution in [0.2, 0.25) is 0 Å². The quantitative estimate of drug-likeness (QED) is 0.622. The van der Waals surface area contributed by atoms with Gasteiger partial charge in [-0.1, -0.05) is 6.07 Å². The summed E-state index contributed by atoms with van der Waals surface area (Å²) in [6.45, 7) is 6.06. The van der Waals surface area contributed by atoms with E-state index in [1.807, 2.05) is 30.5 Å². The molecule has 0 saturated carbocycles. The third-order valence-electron chi connectivity index (χ3n) is 3.87. The largest absolute Gasteiger partial charge is 0.483 e. The molecule has 1 N–H and O–H groups in total. The average molecular weight is 387 g/mol. The summed E-state index contributed by atoms with van der Waals surface area (Å²) in [4.78, 5) is 27.8. The molecule has 2 aromatic heterocycles. The summed E-state index contributed by atoms with van der Waals surface area (Å²) in [6.07, 6.45) is 2.01. The summed E-state index contributed by atoms with van der Waals surface area (Å²) in [5, 5.41) is 5.46. The number of hydrogen-bond donors (Lipinski definition) is 1. The van der Waals surface area contributed by atoms with Crippen molar-refractivity contribution in [3.8, 4) is 5.75 Å². The van der Waals surface area contributed by atoms with Crippen molar-refractivity contribution in [3.05, 3.63) is 41.5 Å². The molecule has 0 unspecified atom stereocenters. The zero-order valence-corrected chi connectivity index (χ0v) is 16.2. The molecule has 0 bridgehead atoms. The lowest BCUT2D eigenvalue weighted by Crippen LogP contribution is -2.20. The van der Waals surface area contributed by atoms with Crippen molar-refractivity contribution in [3.63, 3.8) is 0 Å². The van der Waals surface area contributed by atoms with Crippen LogP contribution in [0.3, 0.4) is 0 Å². The summed E-state index contributed by atoms with van der Waals surface area (Å²) in [5.74, 6) is -0.208. The summed E-state index contributed by atoms with van der Waals surface area (Å²) in [7, 11) is 0. The second kappa shape index (κ2) is 8.22. The first-order chi connectivity index (χ1) is 13.0. The highest BCUT2D eigenvalue weighted by molar-refractivity contribution is 7.14. The van der Waals surface area contributed by atoms with Crippen LogP contribution in [0.1, 0.15) is 37.3 Å². The first kappa shape index (κ1) is 18.9. The van der Waals surface area contributed by atoms with E-state index in [0.717, 1.165) is 22.2 Å². The Morgan fingerprint density at radius 1 is 1.30 bits per heavy atom. The minimum absolute atomic E-state index is 0.152. The molecule has 3 aromatic rings. The number of hydrogen-bond acceptors (Lipinski definition) is 6. The van der Waals surface area contributed by atoms with E-state index in [1.165, 1.54) is 0 Å². The number of aromatic nitrogens is 2. The Morgan fingerprint density at radius 2 is 2.11 bits per heavy atom. The number of esters is 1. The smallest absolute Gasteiger partial charge is 0.357 e. The zero-order valence-electron chi connectivity index (χ0n) is 15.4. The van der Waals surface area contributed by atoms with Crippen LogP contribution in [0, 0.1) is 0 Å². The monoisotopic (exact) mass is 387 g/mol. The van der Waals surface area contributed by atoms with Gasteiger partial charge in [-0.2, -0.15) is 0 Å². The minimum atomic E-state index is -0.508. The van der Waals surface area contributed by atoms with Crippen LogP contribution < -0.4 is 10.1 Å². The van der Waals surface area contributed by atoms with Gasteiger partial charge in [0.05, 0.1) is 12.1 Å². The maximum Gasteiger partial charge on any atom is 0.357 e. The zero-order chi connectivity index (χ0) is 19.4. The van der Waals surface area contributed by atoms with E-state index in [4.69, 9.17) is 9.47 Å². The van der Waals surface area contributed by atoms with Crippen molar-refractivity contribution in [1.29, 1.82) is 0 Å². The lowest BCUT2D eigenvalue weighted by molar-refractivity contribution is -0.118. The number of carbonyl (C=O) groups is 2. The number of fused-ring (bicyclic) bond motifs is 1. The SMILES string of the molecule is CCOC(=O)c1csc(NC(=O)COc2cccc3c2ccn3C(C)C)n1. The number of rotatable bonds is 7. The van der Waals surface area contributed by atoms with E-state index < -0.39 is 5.97 Å². The van der Waals surface area contributed by atoms with E-state index in [9.17, 15) is 9.59 Å². The molecule has 7 nitrogen and oxygen atoms in total. The number of nitrogens with zero attached hydrogens (tertiary/aromatic N) is 2. The highest BCUT2D eigenvalue weighted by Crippen LogP contribution is 2.28. The lowest BCUT2D eigenvalue weighted by atomic mass is 10.2. The van der Waals surface area contributed by atoms with Gasteiger partial charge in [-0.15, -0.1) is 11.3 Å². The third-order valence-corrected chi connectivity index (χ3v) is 4.63. The van der Waals surface area contributed by atoms with Crippen molar-refractivity contribution in [1.82, 2.24) is 9.55 Å². The molecule has 142 valence electrons. The fourth-order valence-electron chi connectivity index (χ4n) is 2.66. The van der Waals surface area contributed by atoms with E-state index in [0.29, 0.717) is 16.9 Å². The predicted molar refractivity (Wildman–Crippen MR) is 105 cm³/mol. The highest BCUT2D eigenvalue weighted by atomic mass is 32.1. The van der Waals surface area contributed by atoms with Crippen molar-refractivity contribution >= 4 is 39.2 Å². The lowest BCUT2D eigenvalue weighted by Gasteiger charge is -2.11. The molecule has 1 aromatic carbocycles. The Morgan fingerprint density at radius 3 is 2.85 bits per heavy atom. The number of carbonyl (C=O) groups excluding carboxylic acids is 2. The number of thiazole rings is 1. The van der Waals surface area contributed by atoms with Crippen molar-refractivity contribution in [2.75, 3.05) is 18.5 Å². The number of amides is 1. The second-order valence-electron chi connectivity index (χ2n) is 6.10. The summed E-state index contributed by atoms with van der Waals surface area (Å²) in [6, 6.07) is 8.08. The standard InChI is InChI=1S/C19H21N3O4S/c1-4-25-18(24)14-11-27-19(20-14)21-17(23)10-26-16-7-5-6-15-13(16)8-9-22(15)12(2)3/h5-9,11-12H,4,10H2,1-3H3,(H,20,21,23). The maximum atomic E-state index is 12.1. The van der Waals surface area contributed by atoms with Gasteiger partial charge in [0.1, 0.15) is 5.75 Å². The van der Waals surface area contributed by atoms with Crippen LogP contribution in [0.4, 0.5) is 5.13 Å². The number of benzene rings is 1. The summed E-state index contributed by atoms with van der Waals surface area (Å²) < 4.78 is 12.7. The molecule has 0 aliphatic rings. The van der Waals surface area contributed by atoms with Crippen molar-refractivity contribution < 1.29 is 19.1 Å².